The molecule has 0 radical (unpaired) electrons. The van der Waals surface area contributed by atoms with Crippen LogP contribution in [0.2, 0.25) is 0 Å². The van der Waals surface area contributed by atoms with E-state index in [4.69, 9.17) is 5.73 Å². The van der Waals surface area contributed by atoms with Gasteiger partial charge in [0.05, 0.1) is 0 Å². The van der Waals surface area contributed by atoms with Crippen molar-refractivity contribution in [3.63, 3.8) is 0 Å². The van der Waals surface area contributed by atoms with E-state index in [1.807, 2.05) is 6.07 Å². The first-order valence-electron chi connectivity index (χ1n) is 4.40. The van der Waals surface area contributed by atoms with E-state index >= 15 is 0 Å². The maximum atomic E-state index is 5.80. The van der Waals surface area contributed by atoms with Crippen molar-refractivity contribution in [2.75, 3.05) is 6.54 Å². The molecule has 1 aliphatic rings. The Labute approximate surface area is 72.8 Å². The zero-order chi connectivity index (χ0) is 8.39. The van der Waals surface area contributed by atoms with E-state index in [1.165, 1.54) is 5.56 Å². The number of hydrogen-bond acceptors (Lipinski definition) is 2. The SMILES string of the molecule is N[C@H]1CN[C@H](c2ccccc2)C1. The minimum atomic E-state index is 0.329. The van der Waals surface area contributed by atoms with Gasteiger partial charge >= 0.3 is 0 Å². The second kappa shape index (κ2) is 3.25. The van der Waals surface area contributed by atoms with Gasteiger partial charge in [-0.3, -0.25) is 0 Å². The van der Waals surface area contributed by atoms with Crippen molar-refractivity contribution in [2.45, 2.75) is 18.5 Å². The number of nitrogens with one attached hydrogen (secondary N) is 1. The van der Waals surface area contributed by atoms with Crippen LogP contribution in [0.1, 0.15) is 18.0 Å². The van der Waals surface area contributed by atoms with E-state index in [9.17, 15) is 0 Å². The van der Waals surface area contributed by atoms with Gasteiger partial charge in [-0.25, -0.2) is 0 Å². The Kier molecular flexibility index (Phi) is 2.11. The quantitative estimate of drug-likeness (QED) is 0.647. The molecule has 1 heterocycles. The summed E-state index contributed by atoms with van der Waals surface area (Å²) in [6, 6.07) is 11.3. The molecule has 0 spiro atoms. The maximum absolute atomic E-state index is 5.80. The Morgan fingerprint density at radius 1 is 1.25 bits per heavy atom. The third kappa shape index (κ3) is 1.49. The molecule has 2 rings (SSSR count). The van der Waals surface area contributed by atoms with Gasteiger partial charge in [0.15, 0.2) is 0 Å². The number of rotatable bonds is 1. The van der Waals surface area contributed by atoms with Crippen LogP contribution in [0.4, 0.5) is 0 Å². The summed E-state index contributed by atoms with van der Waals surface area (Å²) in [6.07, 6.45) is 1.06. The van der Waals surface area contributed by atoms with Crippen molar-refractivity contribution in [1.82, 2.24) is 5.32 Å². The average Bonchev–Trinajstić information content (AvgIpc) is 2.54. The fraction of sp³-hybridized carbons (Fsp3) is 0.400. The summed E-state index contributed by atoms with van der Waals surface area (Å²) in [5.41, 5.74) is 7.15. The molecule has 64 valence electrons. The minimum absolute atomic E-state index is 0.329. The van der Waals surface area contributed by atoms with Crippen LogP contribution in [0.3, 0.4) is 0 Å². The molecule has 3 N–H and O–H groups in total. The molecule has 12 heavy (non-hydrogen) atoms. The molecule has 1 fully saturated rings. The highest BCUT2D eigenvalue weighted by Crippen LogP contribution is 2.21. The number of nitrogens with two attached hydrogens (primary N) is 1. The number of hydrogen-bond donors (Lipinski definition) is 2. The summed E-state index contributed by atoms with van der Waals surface area (Å²) in [5.74, 6) is 0. The highest BCUT2D eigenvalue weighted by atomic mass is 15.0. The average molecular weight is 162 g/mol. The normalized spacial score (nSPS) is 29.1. The standard InChI is InChI=1S/C10H14N2/c11-9-6-10(12-7-9)8-4-2-1-3-5-8/h1-5,9-10,12H,6-7,11H2/t9-,10+/m1/s1. The smallest absolute Gasteiger partial charge is 0.0336 e. The largest absolute Gasteiger partial charge is 0.326 e. The Bertz CT molecular complexity index is 245. The van der Waals surface area contributed by atoms with Gasteiger partial charge in [-0.15, -0.1) is 0 Å². The van der Waals surface area contributed by atoms with Gasteiger partial charge in [0.1, 0.15) is 0 Å². The third-order valence-electron chi connectivity index (χ3n) is 2.37. The van der Waals surface area contributed by atoms with Crippen LogP contribution in [0.5, 0.6) is 0 Å². The van der Waals surface area contributed by atoms with Gasteiger partial charge in [-0.1, -0.05) is 30.3 Å². The summed E-state index contributed by atoms with van der Waals surface area (Å²) in [6.45, 7) is 0.944. The van der Waals surface area contributed by atoms with Crippen LogP contribution < -0.4 is 11.1 Å². The molecule has 1 saturated heterocycles. The van der Waals surface area contributed by atoms with E-state index in [2.05, 4.69) is 29.6 Å². The van der Waals surface area contributed by atoms with Crippen LogP contribution >= 0.6 is 0 Å². The van der Waals surface area contributed by atoms with Gasteiger partial charge < -0.3 is 11.1 Å². The fourth-order valence-electron chi connectivity index (χ4n) is 1.70. The molecule has 1 aliphatic heterocycles. The molecule has 0 aromatic heterocycles. The molecule has 2 heteroatoms. The minimum Gasteiger partial charge on any atom is -0.326 e. The first-order valence-corrected chi connectivity index (χ1v) is 4.40. The van der Waals surface area contributed by atoms with Crippen LogP contribution in [0, 0.1) is 0 Å². The van der Waals surface area contributed by atoms with E-state index < -0.39 is 0 Å². The van der Waals surface area contributed by atoms with E-state index in [0.717, 1.165) is 13.0 Å². The molecular formula is C10H14N2. The molecule has 1 aromatic rings. The molecule has 1 aromatic carbocycles. The van der Waals surface area contributed by atoms with E-state index in [1.54, 1.807) is 0 Å². The van der Waals surface area contributed by atoms with Gasteiger partial charge in [-0.05, 0) is 12.0 Å². The Balaban J connectivity index is 2.11. The highest BCUT2D eigenvalue weighted by Gasteiger charge is 2.21. The zero-order valence-electron chi connectivity index (χ0n) is 7.03. The van der Waals surface area contributed by atoms with Gasteiger partial charge in [-0.2, -0.15) is 0 Å². The van der Waals surface area contributed by atoms with Crippen molar-refractivity contribution in [3.05, 3.63) is 35.9 Å². The lowest BCUT2D eigenvalue weighted by Gasteiger charge is -2.09. The summed E-state index contributed by atoms with van der Waals surface area (Å²) in [4.78, 5) is 0. The van der Waals surface area contributed by atoms with Crippen molar-refractivity contribution < 1.29 is 0 Å². The molecule has 0 unspecified atom stereocenters. The predicted octanol–water partition coefficient (Wildman–Crippen LogP) is 1.05. The molecular weight excluding hydrogens is 148 g/mol. The number of benzene rings is 1. The first kappa shape index (κ1) is 7.77. The van der Waals surface area contributed by atoms with Crippen LogP contribution in [0.15, 0.2) is 30.3 Å². The molecule has 0 bridgehead atoms. The maximum Gasteiger partial charge on any atom is 0.0336 e. The Morgan fingerprint density at radius 2 is 2.00 bits per heavy atom. The Morgan fingerprint density at radius 3 is 2.58 bits per heavy atom. The molecule has 2 atom stereocenters. The first-order chi connectivity index (χ1) is 5.86. The molecule has 0 aliphatic carbocycles. The monoisotopic (exact) mass is 162 g/mol. The van der Waals surface area contributed by atoms with E-state index in [-0.39, 0.29) is 0 Å². The van der Waals surface area contributed by atoms with Crippen molar-refractivity contribution in [2.24, 2.45) is 5.73 Å². The lowest BCUT2D eigenvalue weighted by Crippen LogP contribution is -2.22. The molecule has 2 nitrogen and oxygen atoms in total. The van der Waals surface area contributed by atoms with Crippen LogP contribution in [0.25, 0.3) is 0 Å². The second-order valence-electron chi connectivity index (χ2n) is 3.37. The van der Waals surface area contributed by atoms with Crippen LogP contribution in [-0.4, -0.2) is 12.6 Å². The fourth-order valence-corrected chi connectivity index (χ4v) is 1.70. The van der Waals surface area contributed by atoms with Crippen molar-refractivity contribution in [1.29, 1.82) is 0 Å². The summed E-state index contributed by atoms with van der Waals surface area (Å²) >= 11 is 0. The predicted molar refractivity (Wildman–Crippen MR) is 49.8 cm³/mol. The molecule has 0 saturated carbocycles. The Hall–Kier alpha value is -0.860. The summed E-state index contributed by atoms with van der Waals surface area (Å²) < 4.78 is 0. The van der Waals surface area contributed by atoms with Gasteiger partial charge in [0.25, 0.3) is 0 Å². The summed E-state index contributed by atoms with van der Waals surface area (Å²) in [7, 11) is 0. The lowest BCUT2D eigenvalue weighted by atomic mass is 10.0. The third-order valence-corrected chi connectivity index (χ3v) is 2.37. The van der Waals surface area contributed by atoms with Gasteiger partial charge in [0, 0.05) is 18.6 Å². The van der Waals surface area contributed by atoms with Crippen LogP contribution in [-0.2, 0) is 0 Å². The topological polar surface area (TPSA) is 38.0 Å². The second-order valence-corrected chi connectivity index (χ2v) is 3.37. The summed E-state index contributed by atoms with van der Waals surface area (Å²) in [5, 5.41) is 3.40. The van der Waals surface area contributed by atoms with Crippen molar-refractivity contribution >= 4 is 0 Å². The van der Waals surface area contributed by atoms with Crippen molar-refractivity contribution in [3.8, 4) is 0 Å². The molecule has 0 amide bonds. The lowest BCUT2D eigenvalue weighted by molar-refractivity contribution is 0.640. The zero-order valence-corrected chi connectivity index (χ0v) is 7.03. The van der Waals surface area contributed by atoms with Gasteiger partial charge in [0.2, 0.25) is 0 Å². The van der Waals surface area contributed by atoms with E-state index in [0.29, 0.717) is 12.1 Å². The highest BCUT2D eigenvalue weighted by molar-refractivity contribution is 5.20.